The van der Waals surface area contributed by atoms with Crippen LogP contribution in [0.2, 0.25) is 0 Å². The van der Waals surface area contributed by atoms with Crippen molar-refractivity contribution in [3.05, 3.63) is 76.1 Å². The molecule has 0 unspecified atom stereocenters. The number of hydrogen-bond donors (Lipinski definition) is 1. The maximum Gasteiger partial charge on any atom is 0.231 e. The van der Waals surface area contributed by atoms with E-state index in [1.165, 1.54) is 22.7 Å². The first-order valence-corrected chi connectivity index (χ1v) is 9.69. The van der Waals surface area contributed by atoms with Crippen molar-refractivity contribution in [1.82, 2.24) is 4.90 Å². The number of rotatable bonds is 3. The summed E-state index contributed by atoms with van der Waals surface area (Å²) in [5.74, 6) is -0.622. The van der Waals surface area contributed by atoms with Crippen LogP contribution in [0.4, 0.5) is 4.39 Å². The lowest BCUT2D eigenvalue weighted by Gasteiger charge is -2.38. The second kappa shape index (κ2) is 6.97. The van der Waals surface area contributed by atoms with Crippen LogP contribution >= 0.6 is 11.8 Å². The van der Waals surface area contributed by atoms with Gasteiger partial charge in [-0.1, -0.05) is 30.3 Å². The van der Waals surface area contributed by atoms with Crippen LogP contribution < -0.4 is 4.74 Å². The summed E-state index contributed by atoms with van der Waals surface area (Å²) >= 11 is 1.24. The van der Waals surface area contributed by atoms with Gasteiger partial charge in [-0.15, -0.1) is 11.8 Å². The molecule has 2 aliphatic heterocycles. The van der Waals surface area contributed by atoms with Crippen molar-refractivity contribution in [3.8, 4) is 11.8 Å². The maximum atomic E-state index is 14.3. The van der Waals surface area contributed by atoms with Crippen molar-refractivity contribution in [1.29, 1.82) is 5.26 Å². The van der Waals surface area contributed by atoms with Gasteiger partial charge in [-0.3, -0.25) is 9.69 Å². The summed E-state index contributed by atoms with van der Waals surface area (Å²) in [4.78, 5) is 14.3. The number of nitrogens with zero attached hydrogens (tertiary/aromatic N) is 2. The van der Waals surface area contributed by atoms with Gasteiger partial charge in [0.15, 0.2) is 5.72 Å². The van der Waals surface area contributed by atoms with Gasteiger partial charge in [0, 0.05) is 17.9 Å². The number of halogens is 1. The second-order valence-electron chi connectivity index (χ2n) is 6.67. The number of amides is 1. The Bertz CT molecular complexity index is 1020. The summed E-state index contributed by atoms with van der Waals surface area (Å²) in [6.07, 6.45) is -0.0770. The van der Waals surface area contributed by atoms with Gasteiger partial charge in [-0.25, -0.2) is 4.39 Å². The van der Waals surface area contributed by atoms with Gasteiger partial charge in [0.2, 0.25) is 5.91 Å². The van der Waals surface area contributed by atoms with Gasteiger partial charge in [0.05, 0.1) is 29.5 Å². The van der Waals surface area contributed by atoms with Crippen LogP contribution in [0.15, 0.2) is 59.1 Å². The number of hydrogen-bond acceptors (Lipinski definition) is 5. The molecule has 1 saturated heterocycles. The monoisotopic (exact) mass is 396 g/mol. The van der Waals surface area contributed by atoms with Crippen LogP contribution in [0.3, 0.4) is 0 Å². The van der Waals surface area contributed by atoms with E-state index in [1.54, 1.807) is 49.6 Å². The van der Waals surface area contributed by atoms with Crippen molar-refractivity contribution in [2.24, 2.45) is 0 Å². The van der Waals surface area contributed by atoms with Crippen LogP contribution in [0.25, 0.3) is 0 Å². The Morgan fingerprint density at radius 1 is 1.29 bits per heavy atom. The highest BCUT2D eigenvalue weighted by Gasteiger charge is 2.52. The van der Waals surface area contributed by atoms with Crippen LogP contribution in [0, 0.1) is 17.1 Å². The van der Waals surface area contributed by atoms with Gasteiger partial charge in [-0.05, 0) is 23.8 Å². The number of benzene rings is 2. The molecule has 28 heavy (non-hydrogen) atoms. The molecule has 2 aromatic rings. The van der Waals surface area contributed by atoms with E-state index in [4.69, 9.17) is 4.74 Å². The third-order valence-corrected chi connectivity index (χ3v) is 6.37. The molecule has 142 valence electrons. The van der Waals surface area contributed by atoms with Crippen LogP contribution in [0.1, 0.15) is 23.5 Å². The zero-order valence-electron chi connectivity index (χ0n) is 15.1. The molecule has 2 atom stereocenters. The smallest absolute Gasteiger partial charge is 0.231 e. The lowest BCUT2D eigenvalue weighted by atomic mass is 9.85. The molecule has 5 nitrogen and oxygen atoms in total. The molecular formula is C21H17FN2O3S. The molecule has 7 heteroatoms. The molecular weight excluding hydrogens is 379 g/mol. The maximum absolute atomic E-state index is 14.3. The molecule has 2 heterocycles. The number of thioether (sulfide) groups is 1. The predicted molar refractivity (Wildman–Crippen MR) is 103 cm³/mol. The molecule has 1 amide bonds. The van der Waals surface area contributed by atoms with E-state index in [2.05, 4.69) is 6.07 Å². The lowest BCUT2D eigenvalue weighted by molar-refractivity contribution is -0.149. The van der Waals surface area contributed by atoms with Gasteiger partial charge in [0.25, 0.3) is 0 Å². The summed E-state index contributed by atoms with van der Waals surface area (Å²) in [6.45, 7) is 0. The average Bonchev–Trinajstić information content (AvgIpc) is 3.07. The fourth-order valence-electron chi connectivity index (χ4n) is 3.72. The number of ether oxygens (including phenoxy) is 1. The number of carbonyl (C=O) groups is 1. The first kappa shape index (κ1) is 18.5. The van der Waals surface area contributed by atoms with Crippen molar-refractivity contribution >= 4 is 17.7 Å². The molecule has 0 aliphatic carbocycles. The fourth-order valence-corrected chi connectivity index (χ4v) is 5.08. The van der Waals surface area contributed by atoms with Gasteiger partial charge < -0.3 is 9.84 Å². The Morgan fingerprint density at radius 2 is 2.00 bits per heavy atom. The highest BCUT2D eigenvalue weighted by molar-refractivity contribution is 8.03. The number of allylic oxidation sites excluding steroid dienone is 1. The zero-order chi connectivity index (χ0) is 19.9. The first-order chi connectivity index (χ1) is 13.5. The number of fused-ring (bicyclic) bond motifs is 1. The highest BCUT2D eigenvalue weighted by atomic mass is 32.2. The standard InChI is InChI=1S/C21H17FN2O3S/c1-27-14-8-6-13(7-9-14)21(26)12-28-20-17(11-23)16(10-19(25)24(20)21)15-4-2-3-5-18(15)22/h2-9,16,26H,10,12H2,1H3/t16-,21-/m0/s1. The molecule has 4 rings (SSSR count). The molecule has 1 fully saturated rings. The third-order valence-electron chi connectivity index (χ3n) is 5.14. The van der Waals surface area contributed by atoms with Crippen molar-refractivity contribution < 1.29 is 19.0 Å². The van der Waals surface area contributed by atoms with Crippen molar-refractivity contribution in [2.45, 2.75) is 18.1 Å². The summed E-state index contributed by atoms with van der Waals surface area (Å²) in [6, 6.07) is 15.1. The van der Waals surface area contributed by atoms with E-state index >= 15 is 0 Å². The minimum Gasteiger partial charge on any atom is -0.497 e. The van der Waals surface area contributed by atoms with E-state index in [0.717, 1.165) is 0 Å². The lowest BCUT2D eigenvalue weighted by Crippen LogP contribution is -2.48. The number of carbonyl (C=O) groups excluding carboxylic acids is 1. The number of aliphatic hydroxyl groups is 1. The van der Waals surface area contributed by atoms with Crippen molar-refractivity contribution in [3.63, 3.8) is 0 Å². The molecule has 2 aliphatic rings. The summed E-state index contributed by atoms with van der Waals surface area (Å²) in [5.41, 5.74) is -0.406. The molecule has 2 aromatic carbocycles. The highest BCUT2D eigenvalue weighted by Crippen LogP contribution is 2.52. The van der Waals surface area contributed by atoms with E-state index in [0.29, 0.717) is 27.5 Å². The quantitative estimate of drug-likeness (QED) is 0.860. The Balaban J connectivity index is 1.80. The topological polar surface area (TPSA) is 73.6 Å². The summed E-state index contributed by atoms with van der Waals surface area (Å²) in [5, 5.41) is 21.5. The number of methoxy groups -OCH3 is 1. The van der Waals surface area contributed by atoms with Crippen molar-refractivity contribution in [2.75, 3.05) is 12.9 Å². The molecule has 0 aromatic heterocycles. The summed E-state index contributed by atoms with van der Waals surface area (Å²) in [7, 11) is 1.55. The fraction of sp³-hybridized carbons (Fsp3) is 0.238. The summed E-state index contributed by atoms with van der Waals surface area (Å²) < 4.78 is 19.5. The molecule has 0 saturated carbocycles. The van der Waals surface area contributed by atoms with E-state index < -0.39 is 17.5 Å². The van der Waals surface area contributed by atoms with Gasteiger partial charge in [0.1, 0.15) is 11.6 Å². The molecule has 1 N–H and O–H groups in total. The van der Waals surface area contributed by atoms with E-state index in [9.17, 15) is 19.6 Å². The number of nitriles is 1. The van der Waals surface area contributed by atoms with E-state index in [1.807, 2.05) is 0 Å². The zero-order valence-corrected chi connectivity index (χ0v) is 15.9. The van der Waals surface area contributed by atoms with Crippen LogP contribution in [-0.2, 0) is 10.5 Å². The van der Waals surface area contributed by atoms with Crippen LogP contribution in [0.5, 0.6) is 5.75 Å². The minimum atomic E-state index is -1.56. The van der Waals surface area contributed by atoms with Crippen LogP contribution in [-0.4, -0.2) is 28.8 Å². The average molecular weight is 396 g/mol. The minimum absolute atomic E-state index is 0.0770. The normalized spacial score (nSPS) is 24.1. The Labute approximate surface area is 166 Å². The molecule has 0 radical (unpaired) electrons. The Morgan fingerprint density at radius 3 is 2.64 bits per heavy atom. The largest absolute Gasteiger partial charge is 0.497 e. The van der Waals surface area contributed by atoms with Gasteiger partial charge >= 0.3 is 0 Å². The second-order valence-corrected chi connectivity index (χ2v) is 7.64. The SMILES string of the molecule is COc1ccc([C@@]2(O)CSC3=C(C#N)[C@H](c4ccccc4F)CC(=O)N32)cc1. The van der Waals surface area contributed by atoms with Gasteiger partial charge in [-0.2, -0.15) is 5.26 Å². The van der Waals surface area contributed by atoms with E-state index in [-0.39, 0.29) is 18.1 Å². The molecule has 0 bridgehead atoms. The molecule has 0 spiro atoms. The third kappa shape index (κ3) is 2.77. The first-order valence-electron chi connectivity index (χ1n) is 8.71. The Kier molecular flexibility index (Phi) is 4.61. The Hall–Kier alpha value is -2.82. The predicted octanol–water partition coefficient (Wildman–Crippen LogP) is 3.48.